The van der Waals surface area contributed by atoms with Crippen LogP contribution in [-0.2, 0) is 0 Å². The fourth-order valence-corrected chi connectivity index (χ4v) is 2.73. The summed E-state index contributed by atoms with van der Waals surface area (Å²) in [6.45, 7) is 13.5. The van der Waals surface area contributed by atoms with Crippen molar-refractivity contribution in [3.63, 3.8) is 0 Å². The van der Waals surface area contributed by atoms with Gasteiger partial charge in [0.05, 0.1) is 0 Å². The van der Waals surface area contributed by atoms with Gasteiger partial charge in [0.15, 0.2) is 0 Å². The molecule has 1 aromatic rings. The van der Waals surface area contributed by atoms with Gasteiger partial charge < -0.3 is 10.2 Å². The van der Waals surface area contributed by atoms with E-state index in [1.54, 1.807) is 0 Å². The molecule has 1 aliphatic rings. The standard InChI is InChI=1S/C17H28N2/c1-6-17(5)12-19(14(4)11-18-17)16-9-7-15(8-10-16)13(2)3/h7-10,13-14,18H,6,11-12H2,1-5H3. The molecule has 1 N–H and O–H groups in total. The molecule has 0 saturated carbocycles. The number of anilines is 1. The van der Waals surface area contributed by atoms with Gasteiger partial charge >= 0.3 is 0 Å². The molecule has 0 amide bonds. The summed E-state index contributed by atoms with van der Waals surface area (Å²) >= 11 is 0. The first-order chi connectivity index (χ1) is 8.95. The third-order valence-corrected chi connectivity index (χ3v) is 4.55. The van der Waals surface area contributed by atoms with E-state index in [-0.39, 0.29) is 5.54 Å². The number of piperazine rings is 1. The third kappa shape index (κ3) is 3.11. The highest BCUT2D eigenvalue weighted by atomic mass is 15.2. The maximum Gasteiger partial charge on any atom is 0.0387 e. The summed E-state index contributed by atoms with van der Waals surface area (Å²) in [5, 5.41) is 3.68. The van der Waals surface area contributed by atoms with E-state index in [4.69, 9.17) is 0 Å². The van der Waals surface area contributed by atoms with Gasteiger partial charge in [-0.05, 0) is 43.9 Å². The van der Waals surface area contributed by atoms with Gasteiger partial charge in [0.25, 0.3) is 0 Å². The lowest BCUT2D eigenvalue weighted by Crippen LogP contribution is -2.62. The fraction of sp³-hybridized carbons (Fsp3) is 0.647. The maximum atomic E-state index is 3.68. The van der Waals surface area contributed by atoms with Gasteiger partial charge in [-0.25, -0.2) is 0 Å². The first-order valence-electron chi connectivity index (χ1n) is 7.57. The van der Waals surface area contributed by atoms with Crippen molar-refractivity contribution >= 4 is 5.69 Å². The Balaban J connectivity index is 2.19. The molecule has 0 bridgehead atoms. The zero-order valence-electron chi connectivity index (χ0n) is 13.0. The minimum atomic E-state index is 0.239. The lowest BCUT2D eigenvalue weighted by molar-refractivity contribution is 0.285. The number of benzene rings is 1. The molecule has 0 radical (unpaired) electrons. The summed E-state index contributed by atoms with van der Waals surface area (Å²) in [5.74, 6) is 0.607. The lowest BCUT2D eigenvalue weighted by atomic mass is 9.93. The average molecular weight is 260 g/mol. The molecule has 19 heavy (non-hydrogen) atoms. The smallest absolute Gasteiger partial charge is 0.0387 e. The molecule has 2 heteroatoms. The highest BCUT2D eigenvalue weighted by molar-refractivity contribution is 5.50. The number of nitrogens with one attached hydrogen (secondary N) is 1. The van der Waals surface area contributed by atoms with Gasteiger partial charge in [-0.1, -0.05) is 32.9 Å². The van der Waals surface area contributed by atoms with Gasteiger partial charge in [-0.3, -0.25) is 0 Å². The van der Waals surface area contributed by atoms with Crippen LogP contribution in [-0.4, -0.2) is 24.7 Å². The zero-order chi connectivity index (χ0) is 14.0. The van der Waals surface area contributed by atoms with Crippen molar-refractivity contribution in [3.05, 3.63) is 29.8 Å². The van der Waals surface area contributed by atoms with E-state index >= 15 is 0 Å². The quantitative estimate of drug-likeness (QED) is 0.890. The van der Waals surface area contributed by atoms with Crippen molar-refractivity contribution in [1.82, 2.24) is 5.32 Å². The molecule has 0 spiro atoms. The first-order valence-corrected chi connectivity index (χ1v) is 7.57. The van der Waals surface area contributed by atoms with Crippen molar-refractivity contribution in [2.24, 2.45) is 0 Å². The molecule has 2 nitrogen and oxygen atoms in total. The van der Waals surface area contributed by atoms with Crippen molar-refractivity contribution in [2.75, 3.05) is 18.0 Å². The van der Waals surface area contributed by atoms with Crippen LogP contribution in [0.5, 0.6) is 0 Å². The van der Waals surface area contributed by atoms with Crippen molar-refractivity contribution in [1.29, 1.82) is 0 Å². The largest absolute Gasteiger partial charge is 0.366 e. The molecular weight excluding hydrogens is 232 g/mol. The van der Waals surface area contributed by atoms with E-state index in [0.29, 0.717) is 12.0 Å². The second-order valence-electron chi connectivity index (χ2n) is 6.52. The minimum absolute atomic E-state index is 0.239. The van der Waals surface area contributed by atoms with Gasteiger partial charge in [0, 0.05) is 30.4 Å². The number of rotatable bonds is 3. The monoisotopic (exact) mass is 260 g/mol. The molecule has 2 atom stereocenters. The Bertz CT molecular complexity index is 410. The van der Waals surface area contributed by atoms with Crippen LogP contribution >= 0.6 is 0 Å². The fourth-order valence-electron chi connectivity index (χ4n) is 2.73. The Labute approximate surface area is 118 Å². The zero-order valence-corrected chi connectivity index (χ0v) is 13.0. The maximum absolute atomic E-state index is 3.68. The predicted molar refractivity (Wildman–Crippen MR) is 84.0 cm³/mol. The third-order valence-electron chi connectivity index (χ3n) is 4.55. The van der Waals surface area contributed by atoms with E-state index in [1.165, 1.54) is 17.7 Å². The molecule has 2 unspecified atom stereocenters. The van der Waals surface area contributed by atoms with Gasteiger partial charge in [-0.15, -0.1) is 0 Å². The molecule has 1 saturated heterocycles. The Morgan fingerprint density at radius 2 is 1.95 bits per heavy atom. The van der Waals surface area contributed by atoms with Crippen molar-refractivity contribution in [2.45, 2.75) is 58.5 Å². The highest BCUT2D eigenvalue weighted by Gasteiger charge is 2.32. The highest BCUT2D eigenvalue weighted by Crippen LogP contribution is 2.26. The van der Waals surface area contributed by atoms with Crippen LogP contribution in [0.1, 0.15) is 52.5 Å². The average Bonchev–Trinajstić information content (AvgIpc) is 2.42. The van der Waals surface area contributed by atoms with Crippen LogP contribution in [0.15, 0.2) is 24.3 Å². The summed E-state index contributed by atoms with van der Waals surface area (Å²) < 4.78 is 0. The number of hydrogen-bond acceptors (Lipinski definition) is 2. The Morgan fingerprint density at radius 3 is 2.47 bits per heavy atom. The molecule has 2 rings (SSSR count). The van der Waals surface area contributed by atoms with Crippen LogP contribution in [0.3, 0.4) is 0 Å². The van der Waals surface area contributed by atoms with E-state index in [1.807, 2.05) is 0 Å². The summed E-state index contributed by atoms with van der Waals surface area (Å²) in [6, 6.07) is 9.68. The van der Waals surface area contributed by atoms with E-state index < -0.39 is 0 Å². The minimum Gasteiger partial charge on any atom is -0.366 e. The Morgan fingerprint density at radius 1 is 1.32 bits per heavy atom. The van der Waals surface area contributed by atoms with E-state index in [0.717, 1.165) is 13.1 Å². The SMILES string of the molecule is CCC1(C)CN(c2ccc(C(C)C)cc2)C(C)CN1. The van der Waals surface area contributed by atoms with Gasteiger partial charge in [0.1, 0.15) is 0 Å². The van der Waals surface area contributed by atoms with Crippen LogP contribution < -0.4 is 10.2 Å². The number of nitrogens with zero attached hydrogens (tertiary/aromatic N) is 1. The topological polar surface area (TPSA) is 15.3 Å². The Hall–Kier alpha value is -1.02. The van der Waals surface area contributed by atoms with Crippen molar-refractivity contribution in [3.8, 4) is 0 Å². The van der Waals surface area contributed by atoms with E-state index in [2.05, 4.69) is 69.1 Å². The molecule has 1 heterocycles. The predicted octanol–water partition coefficient (Wildman–Crippen LogP) is 3.78. The van der Waals surface area contributed by atoms with Crippen LogP contribution in [0.4, 0.5) is 5.69 Å². The summed E-state index contributed by atoms with van der Waals surface area (Å²) in [6.07, 6.45) is 1.17. The van der Waals surface area contributed by atoms with Crippen LogP contribution in [0, 0.1) is 0 Å². The molecule has 1 aliphatic heterocycles. The van der Waals surface area contributed by atoms with Crippen LogP contribution in [0.25, 0.3) is 0 Å². The first kappa shape index (κ1) is 14.4. The normalized spacial score (nSPS) is 27.9. The summed E-state index contributed by atoms with van der Waals surface area (Å²) in [4.78, 5) is 2.55. The molecular formula is C17H28N2. The van der Waals surface area contributed by atoms with Crippen LogP contribution in [0.2, 0.25) is 0 Å². The number of hydrogen-bond donors (Lipinski definition) is 1. The van der Waals surface area contributed by atoms with Gasteiger partial charge in [-0.2, -0.15) is 0 Å². The van der Waals surface area contributed by atoms with Crippen molar-refractivity contribution < 1.29 is 0 Å². The molecule has 0 aromatic heterocycles. The second kappa shape index (κ2) is 5.54. The Kier molecular flexibility index (Phi) is 4.19. The molecule has 1 aromatic carbocycles. The molecule has 1 fully saturated rings. The van der Waals surface area contributed by atoms with E-state index in [9.17, 15) is 0 Å². The molecule has 0 aliphatic carbocycles. The molecule has 106 valence electrons. The summed E-state index contributed by atoms with van der Waals surface area (Å²) in [7, 11) is 0. The second-order valence-corrected chi connectivity index (χ2v) is 6.52. The summed E-state index contributed by atoms with van der Waals surface area (Å²) in [5.41, 5.74) is 3.02. The lowest BCUT2D eigenvalue weighted by Gasteiger charge is -2.46. The van der Waals surface area contributed by atoms with Gasteiger partial charge in [0.2, 0.25) is 0 Å².